The highest BCUT2D eigenvalue weighted by molar-refractivity contribution is 5.90. The van der Waals surface area contributed by atoms with Crippen molar-refractivity contribution in [1.82, 2.24) is 10.2 Å². The molecule has 0 bridgehead atoms. The Hall–Kier alpha value is -2.36. The van der Waals surface area contributed by atoms with E-state index in [1.165, 1.54) is 32.1 Å². The van der Waals surface area contributed by atoms with Crippen LogP contribution in [0.3, 0.4) is 0 Å². The summed E-state index contributed by atoms with van der Waals surface area (Å²) in [6.07, 6.45) is 10.7. The number of rotatable bonds is 4. The number of hydrogen-bond acceptors (Lipinski definition) is 2. The lowest BCUT2D eigenvalue weighted by Crippen LogP contribution is -2.48. The summed E-state index contributed by atoms with van der Waals surface area (Å²) >= 11 is 0. The van der Waals surface area contributed by atoms with Crippen LogP contribution in [0.1, 0.15) is 63.4 Å². The molecule has 2 aromatic carbocycles. The molecule has 1 aliphatic heterocycles. The third kappa shape index (κ3) is 5.21. The van der Waals surface area contributed by atoms with Gasteiger partial charge in [0.15, 0.2) is 0 Å². The van der Waals surface area contributed by atoms with Gasteiger partial charge in [-0.15, -0.1) is 0 Å². The third-order valence-electron chi connectivity index (χ3n) is 6.82. The summed E-state index contributed by atoms with van der Waals surface area (Å²) in [4.78, 5) is 27.9. The highest BCUT2D eigenvalue weighted by Gasteiger charge is 2.29. The Morgan fingerprint density at radius 1 is 0.867 bits per heavy atom. The minimum atomic E-state index is -0.0688. The Balaban J connectivity index is 1.35. The van der Waals surface area contributed by atoms with Gasteiger partial charge in [-0.05, 0) is 42.0 Å². The van der Waals surface area contributed by atoms with Gasteiger partial charge in [0.25, 0.3) is 0 Å². The van der Waals surface area contributed by atoms with Gasteiger partial charge < -0.3 is 10.2 Å². The lowest BCUT2D eigenvalue weighted by atomic mass is 9.93. The van der Waals surface area contributed by atoms with E-state index in [4.69, 9.17) is 0 Å². The van der Waals surface area contributed by atoms with Crippen molar-refractivity contribution in [1.29, 1.82) is 0 Å². The first-order chi connectivity index (χ1) is 14.7. The maximum atomic E-state index is 13.0. The molecule has 2 aliphatic rings. The van der Waals surface area contributed by atoms with Crippen LogP contribution in [0.5, 0.6) is 0 Å². The maximum Gasteiger partial charge on any atom is 0.227 e. The molecule has 4 heteroatoms. The fraction of sp³-hybridized carbons (Fsp3) is 0.538. The molecule has 1 N–H and O–H groups in total. The van der Waals surface area contributed by atoms with E-state index < -0.39 is 0 Å². The van der Waals surface area contributed by atoms with Crippen LogP contribution < -0.4 is 5.32 Å². The van der Waals surface area contributed by atoms with E-state index >= 15 is 0 Å². The molecule has 160 valence electrons. The minimum Gasteiger partial charge on any atom is -0.353 e. The number of likely N-dealkylation sites (tertiary alicyclic amines) is 1. The van der Waals surface area contributed by atoms with Gasteiger partial charge in [-0.2, -0.15) is 0 Å². The van der Waals surface area contributed by atoms with Crippen molar-refractivity contribution < 1.29 is 9.59 Å². The first kappa shape index (κ1) is 20.9. The summed E-state index contributed by atoms with van der Waals surface area (Å²) in [6.45, 7) is 1.32. The van der Waals surface area contributed by atoms with E-state index in [2.05, 4.69) is 23.5 Å². The van der Waals surface area contributed by atoms with Crippen LogP contribution in [0.25, 0.3) is 10.8 Å². The van der Waals surface area contributed by atoms with Gasteiger partial charge >= 0.3 is 0 Å². The van der Waals surface area contributed by atoms with Crippen molar-refractivity contribution in [3.8, 4) is 0 Å². The summed E-state index contributed by atoms with van der Waals surface area (Å²) in [5.41, 5.74) is 1.07. The summed E-state index contributed by atoms with van der Waals surface area (Å²) in [7, 11) is 0. The second-order valence-electron chi connectivity index (χ2n) is 9.04. The standard InChI is InChI=1S/C26H34N2O2/c29-25(18-21-12-8-11-20-10-6-7-16-24(20)21)28-17-9-13-22(19-28)26(30)27-23-14-4-2-1-3-5-15-23/h6-8,10-12,16,22-23H,1-5,9,13-15,17-19H2,(H,27,30)/t22-/m0/s1. The van der Waals surface area contributed by atoms with Crippen LogP contribution in [0.4, 0.5) is 0 Å². The van der Waals surface area contributed by atoms with Gasteiger partial charge in [0.2, 0.25) is 11.8 Å². The topological polar surface area (TPSA) is 49.4 Å². The Morgan fingerprint density at radius 2 is 1.60 bits per heavy atom. The average molecular weight is 407 g/mol. The SMILES string of the molecule is O=C(NC1CCCCCCC1)[C@H]1CCCN(C(=O)Cc2cccc3ccccc23)C1. The largest absolute Gasteiger partial charge is 0.353 e. The highest BCUT2D eigenvalue weighted by Crippen LogP contribution is 2.23. The summed E-state index contributed by atoms with van der Waals surface area (Å²) in [5, 5.41) is 5.62. The zero-order chi connectivity index (χ0) is 20.8. The number of nitrogens with one attached hydrogen (secondary N) is 1. The second-order valence-corrected chi connectivity index (χ2v) is 9.04. The molecule has 1 atom stereocenters. The molecule has 4 nitrogen and oxygen atoms in total. The third-order valence-corrected chi connectivity index (χ3v) is 6.82. The summed E-state index contributed by atoms with van der Waals surface area (Å²) < 4.78 is 0. The Kier molecular flexibility index (Phi) is 7.03. The van der Waals surface area contributed by atoms with Crippen LogP contribution in [0.2, 0.25) is 0 Å². The van der Waals surface area contributed by atoms with Crippen molar-refractivity contribution in [2.75, 3.05) is 13.1 Å². The predicted molar refractivity (Wildman–Crippen MR) is 121 cm³/mol. The van der Waals surface area contributed by atoms with Crippen LogP contribution in [-0.4, -0.2) is 35.8 Å². The number of carbonyl (C=O) groups excluding carboxylic acids is 2. The van der Waals surface area contributed by atoms with E-state index in [-0.39, 0.29) is 17.7 Å². The minimum absolute atomic E-state index is 0.0688. The van der Waals surface area contributed by atoms with Crippen molar-refractivity contribution >= 4 is 22.6 Å². The fourth-order valence-corrected chi connectivity index (χ4v) is 5.06. The smallest absolute Gasteiger partial charge is 0.227 e. The molecule has 1 saturated heterocycles. The number of benzene rings is 2. The molecule has 0 spiro atoms. The van der Waals surface area contributed by atoms with Crippen molar-refractivity contribution in [2.45, 2.75) is 70.3 Å². The van der Waals surface area contributed by atoms with E-state index in [0.29, 0.717) is 19.0 Å². The molecule has 1 aliphatic carbocycles. The van der Waals surface area contributed by atoms with E-state index in [9.17, 15) is 9.59 Å². The number of carbonyl (C=O) groups is 2. The van der Waals surface area contributed by atoms with Crippen molar-refractivity contribution in [3.63, 3.8) is 0 Å². The van der Waals surface area contributed by atoms with Gasteiger partial charge in [-0.3, -0.25) is 9.59 Å². The summed E-state index contributed by atoms with van der Waals surface area (Å²) in [6, 6.07) is 14.7. The zero-order valence-corrected chi connectivity index (χ0v) is 17.9. The molecule has 1 saturated carbocycles. The Labute approximate surface area is 180 Å². The van der Waals surface area contributed by atoms with E-state index in [1.54, 1.807) is 0 Å². The van der Waals surface area contributed by atoms with Crippen LogP contribution in [0, 0.1) is 5.92 Å². The van der Waals surface area contributed by atoms with Gasteiger partial charge in [-0.25, -0.2) is 0 Å². The molecule has 0 radical (unpaired) electrons. The Bertz CT molecular complexity index is 865. The highest BCUT2D eigenvalue weighted by atomic mass is 16.2. The van der Waals surface area contributed by atoms with Crippen molar-refractivity contribution in [3.05, 3.63) is 48.0 Å². The van der Waals surface area contributed by atoms with Gasteiger partial charge in [0, 0.05) is 19.1 Å². The molecule has 1 heterocycles. The molecule has 0 unspecified atom stereocenters. The predicted octanol–water partition coefficient (Wildman–Crippen LogP) is 4.85. The number of piperidine rings is 1. The molecule has 2 fully saturated rings. The first-order valence-corrected chi connectivity index (χ1v) is 11.8. The zero-order valence-electron chi connectivity index (χ0n) is 17.9. The molecular formula is C26H34N2O2. The maximum absolute atomic E-state index is 13.0. The number of nitrogens with zero attached hydrogens (tertiary/aromatic N) is 1. The van der Waals surface area contributed by atoms with Crippen LogP contribution in [-0.2, 0) is 16.0 Å². The monoisotopic (exact) mass is 406 g/mol. The first-order valence-electron chi connectivity index (χ1n) is 11.8. The second kappa shape index (κ2) is 10.1. The quantitative estimate of drug-likeness (QED) is 0.789. The lowest BCUT2D eigenvalue weighted by molar-refractivity contribution is -0.135. The van der Waals surface area contributed by atoms with E-state index in [1.807, 2.05) is 29.2 Å². The number of hydrogen-bond donors (Lipinski definition) is 1. The van der Waals surface area contributed by atoms with Crippen molar-refractivity contribution in [2.24, 2.45) is 5.92 Å². The molecule has 2 aromatic rings. The lowest BCUT2D eigenvalue weighted by Gasteiger charge is -2.33. The van der Waals surface area contributed by atoms with Crippen LogP contribution in [0.15, 0.2) is 42.5 Å². The van der Waals surface area contributed by atoms with Gasteiger partial charge in [0.05, 0.1) is 12.3 Å². The Morgan fingerprint density at radius 3 is 2.43 bits per heavy atom. The molecule has 2 amide bonds. The van der Waals surface area contributed by atoms with Gasteiger partial charge in [0.1, 0.15) is 0 Å². The number of amides is 2. The molecule has 30 heavy (non-hydrogen) atoms. The summed E-state index contributed by atoms with van der Waals surface area (Å²) in [5.74, 6) is 0.221. The normalized spacial score (nSPS) is 21.1. The molecular weight excluding hydrogens is 372 g/mol. The number of fused-ring (bicyclic) bond motifs is 1. The fourth-order valence-electron chi connectivity index (χ4n) is 5.06. The van der Waals surface area contributed by atoms with Gasteiger partial charge in [-0.1, -0.05) is 74.6 Å². The average Bonchev–Trinajstić information content (AvgIpc) is 2.76. The molecule has 0 aromatic heterocycles. The van der Waals surface area contributed by atoms with E-state index in [0.717, 1.165) is 48.6 Å². The molecule has 4 rings (SSSR count). The van der Waals surface area contributed by atoms with Crippen LogP contribution >= 0.6 is 0 Å².